The molecular formula is C21H25BrN2O3. The second-order valence-electron chi connectivity index (χ2n) is 6.10. The lowest BCUT2D eigenvalue weighted by molar-refractivity contribution is -0.121. The average Bonchev–Trinajstić information content (AvgIpc) is 2.66. The van der Waals surface area contributed by atoms with Gasteiger partial charge in [0.05, 0.1) is 23.9 Å². The quantitative estimate of drug-likeness (QED) is 0.331. The molecule has 0 bridgehead atoms. The molecule has 0 aliphatic carbocycles. The topological polar surface area (TPSA) is 59.9 Å². The van der Waals surface area contributed by atoms with Crippen LogP contribution >= 0.6 is 15.9 Å². The summed E-state index contributed by atoms with van der Waals surface area (Å²) >= 11 is 3.47. The van der Waals surface area contributed by atoms with Gasteiger partial charge in [0.1, 0.15) is 11.5 Å². The van der Waals surface area contributed by atoms with Gasteiger partial charge >= 0.3 is 0 Å². The van der Waals surface area contributed by atoms with Crippen LogP contribution in [0.5, 0.6) is 11.5 Å². The minimum absolute atomic E-state index is 0.138. The zero-order valence-electron chi connectivity index (χ0n) is 15.7. The van der Waals surface area contributed by atoms with Crippen molar-refractivity contribution in [2.45, 2.75) is 33.1 Å². The first-order valence-electron chi connectivity index (χ1n) is 9.02. The molecule has 0 aliphatic rings. The third-order valence-electron chi connectivity index (χ3n) is 3.65. The summed E-state index contributed by atoms with van der Waals surface area (Å²) in [4.78, 5) is 11.8. The first-order valence-corrected chi connectivity index (χ1v) is 9.81. The molecule has 2 aromatic carbocycles. The van der Waals surface area contributed by atoms with Crippen molar-refractivity contribution < 1.29 is 14.3 Å². The normalized spacial score (nSPS) is 10.8. The third kappa shape index (κ3) is 7.83. The SMILES string of the molecule is CCCOc1ccc(/C=N/NC(=O)CCCOc2ccc(C)cc2Br)cc1. The van der Waals surface area contributed by atoms with E-state index in [1.54, 1.807) is 6.21 Å². The van der Waals surface area contributed by atoms with E-state index in [9.17, 15) is 4.79 Å². The van der Waals surface area contributed by atoms with Crippen molar-refractivity contribution in [1.29, 1.82) is 0 Å². The molecule has 0 radical (unpaired) electrons. The van der Waals surface area contributed by atoms with E-state index < -0.39 is 0 Å². The Morgan fingerprint density at radius 1 is 1.15 bits per heavy atom. The van der Waals surface area contributed by atoms with Gasteiger partial charge in [0.2, 0.25) is 5.91 Å². The molecule has 2 rings (SSSR count). The molecule has 0 saturated carbocycles. The molecule has 0 aromatic heterocycles. The highest BCUT2D eigenvalue weighted by Gasteiger charge is 2.03. The summed E-state index contributed by atoms with van der Waals surface area (Å²) in [5, 5.41) is 3.98. The minimum Gasteiger partial charge on any atom is -0.494 e. The Morgan fingerprint density at radius 2 is 1.93 bits per heavy atom. The van der Waals surface area contributed by atoms with Gasteiger partial charge in [-0.2, -0.15) is 5.10 Å². The molecule has 27 heavy (non-hydrogen) atoms. The Balaban J connectivity index is 1.66. The molecule has 0 atom stereocenters. The van der Waals surface area contributed by atoms with Crippen molar-refractivity contribution in [1.82, 2.24) is 5.43 Å². The van der Waals surface area contributed by atoms with Gasteiger partial charge in [-0.3, -0.25) is 4.79 Å². The third-order valence-corrected chi connectivity index (χ3v) is 4.27. The highest BCUT2D eigenvalue weighted by atomic mass is 79.9. The van der Waals surface area contributed by atoms with Crippen molar-refractivity contribution in [3.8, 4) is 11.5 Å². The summed E-state index contributed by atoms with van der Waals surface area (Å²) in [6.45, 7) is 5.26. The molecule has 1 N–H and O–H groups in total. The number of nitrogens with one attached hydrogen (secondary N) is 1. The van der Waals surface area contributed by atoms with Crippen molar-refractivity contribution in [3.05, 3.63) is 58.1 Å². The van der Waals surface area contributed by atoms with Crippen LogP contribution in [0.1, 0.15) is 37.3 Å². The lowest BCUT2D eigenvalue weighted by Crippen LogP contribution is -2.18. The highest BCUT2D eigenvalue weighted by Crippen LogP contribution is 2.25. The van der Waals surface area contributed by atoms with Crippen LogP contribution in [0.15, 0.2) is 52.0 Å². The van der Waals surface area contributed by atoms with Crippen LogP contribution in [0.3, 0.4) is 0 Å². The average molecular weight is 433 g/mol. The highest BCUT2D eigenvalue weighted by molar-refractivity contribution is 9.10. The number of benzene rings is 2. The van der Waals surface area contributed by atoms with Crippen LogP contribution in [0.25, 0.3) is 0 Å². The molecule has 0 saturated heterocycles. The lowest BCUT2D eigenvalue weighted by Gasteiger charge is -2.08. The van der Waals surface area contributed by atoms with Gasteiger partial charge in [-0.05, 0) is 83.2 Å². The number of amides is 1. The summed E-state index contributed by atoms with van der Waals surface area (Å²) in [6.07, 6.45) is 3.56. The Hall–Kier alpha value is -2.34. The van der Waals surface area contributed by atoms with Crippen molar-refractivity contribution >= 4 is 28.1 Å². The molecule has 5 nitrogen and oxygen atoms in total. The summed E-state index contributed by atoms with van der Waals surface area (Å²) in [5.74, 6) is 1.48. The molecule has 6 heteroatoms. The number of nitrogens with zero attached hydrogens (tertiary/aromatic N) is 1. The van der Waals surface area contributed by atoms with Gasteiger partial charge in [0, 0.05) is 6.42 Å². The van der Waals surface area contributed by atoms with Crippen LogP contribution in [0.2, 0.25) is 0 Å². The smallest absolute Gasteiger partial charge is 0.240 e. The lowest BCUT2D eigenvalue weighted by atomic mass is 10.2. The Kier molecular flexibility index (Phi) is 8.84. The molecule has 0 fully saturated rings. The van der Waals surface area contributed by atoms with E-state index in [0.717, 1.165) is 33.5 Å². The van der Waals surface area contributed by atoms with Gasteiger partial charge < -0.3 is 9.47 Å². The van der Waals surface area contributed by atoms with E-state index in [0.29, 0.717) is 26.1 Å². The van der Waals surface area contributed by atoms with Crippen LogP contribution in [0.4, 0.5) is 0 Å². The second kappa shape index (κ2) is 11.4. The molecule has 1 amide bonds. The number of hydrazone groups is 1. The van der Waals surface area contributed by atoms with Crippen molar-refractivity contribution in [2.75, 3.05) is 13.2 Å². The minimum atomic E-state index is -0.138. The zero-order valence-corrected chi connectivity index (χ0v) is 17.3. The summed E-state index contributed by atoms with van der Waals surface area (Å²) in [7, 11) is 0. The van der Waals surface area contributed by atoms with Gasteiger partial charge in [-0.1, -0.05) is 13.0 Å². The van der Waals surface area contributed by atoms with E-state index >= 15 is 0 Å². The number of carbonyl (C=O) groups is 1. The molecule has 144 valence electrons. The van der Waals surface area contributed by atoms with E-state index in [2.05, 4.69) is 33.4 Å². The molecule has 0 spiro atoms. The fourth-order valence-electron chi connectivity index (χ4n) is 2.24. The zero-order chi connectivity index (χ0) is 19.5. The summed E-state index contributed by atoms with van der Waals surface area (Å²) in [5.41, 5.74) is 4.59. The van der Waals surface area contributed by atoms with Crippen LogP contribution in [-0.2, 0) is 4.79 Å². The maximum Gasteiger partial charge on any atom is 0.240 e. The molecule has 0 heterocycles. The molecular weight excluding hydrogens is 408 g/mol. The van der Waals surface area contributed by atoms with Gasteiger partial charge in [0.25, 0.3) is 0 Å². The maximum absolute atomic E-state index is 11.8. The number of hydrogen-bond donors (Lipinski definition) is 1. The van der Waals surface area contributed by atoms with E-state index in [4.69, 9.17) is 9.47 Å². The van der Waals surface area contributed by atoms with Crippen molar-refractivity contribution in [2.24, 2.45) is 5.10 Å². The standard InChI is InChI=1S/C21H25BrN2O3/c1-3-12-26-18-9-7-17(8-10-18)15-23-24-21(25)5-4-13-27-20-11-6-16(2)14-19(20)22/h6-11,14-15H,3-5,12-13H2,1-2H3,(H,24,25)/b23-15+. The number of carbonyl (C=O) groups excluding carboxylic acids is 1. The van der Waals surface area contributed by atoms with E-state index in [1.165, 1.54) is 0 Å². The predicted octanol–water partition coefficient (Wildman–Crippen LogP) is 4.86. The molecule has 2 aromatic rings. The van der Waals surface area contributed by atoms with Crippen LogP contribution in [-0.4, -0.2) is 25.3 Å². The van der Waals surface area contributed by atoms with Crippen LogP contribution in [0, 0.1) is 6.92 Å². The second-order valence-corrected chi connectivity index (χ2v) is 6.95. The van der Waals surface area contributed by atoms with Gasteiger partial charge in [-0.15, -0.1) is 0 Å². The van der Waals surface area contributed by atoms with Gasteiger partial charge in [0.15, 0.2) is 0 Å². The number of ether oxygens (including phenoxy) is 2. The van der Waals surface area contributed by atoms with Crippen LogP contribution < -0.4 is 14.9 Å². The first kappa shape index (κ1) is 21.0. The summed E-state index contributed by atoms with van der Waals surface area (Å²) < 4.78 is 12.1. The Morgan fingerprint density at radius 3 is 2.63 bits per heavy atom. The molecule has 0 unspecified atom stereocenters. The number of aryl methyl sites for hydroxylation is 1. The largest absolute Gasteiger partial charge is 0.494 e. The van der Waals surface area contributed by atoms with Crippen molar-refractivity contribution in [3.63, 3.8) is 0 Å². The number of hydrogen-bond acceptors (Lipinski definition) is 4. The number of halogens is 1. The fourth-order valence-corrected chi connectivity index (χ4v) is 2.85. The van der Waals surface area contributed by atoms with E-state index in [-0.39, 0.29) is 5.91 Å². The maximum atomic E-state index is 11.8. The van der Waals surface area contributed by atoms with E-state index in [1.807, 2.05) is 49.4 Å². The number of rotatable bonds is 10. The predicted molar refractivity (Wildman–Crippen MR) is 112 cm³/mol. The Bertz CT molecular complexity index is 761. The van der Waals surface area contributed by atoms with Gasteiger partial charge in [-0.25, -0.2) is 5.43 Å². The summed E-state index contributed by atoms with van der Waals surface area (Å²) in [6, 6.07) is 13.5. The first-order chi connectivity index (χ1) is 13.1. The Labute approximate surface area is 168 Å². The molecule has 0 aliphatic heterocycles. The fraction of sp³-hybridized carbons (Fsp3) is 0.333. The monoisotopic (exact) mass is 432 g/mol.